The molecule has 0 aromatic rings. The van der Waals surface area contributed by atoms with Gasteiger partial charge in [0.25, 0.3) is 0 Å². The van der Waals surface area contributed by atoms with Gasteiger partial charge < -0.3 is 5.73 Å². The molecule has 11 heavy (non-hydrogen) atoms. The fourth-order valence-corrected chi connectivity index (χ4v) is 1.18. The molecule has 0 spiro atoms. The number of nitrogens with one attached hydrogen (secondary N) is 1. The van der Waals surface area contributed by atoms with Gasteiger partial charge in [0.2, 0.25) is 0 Å². The average molecular weight is 200 g/mol. The lowest BCUT2D eigenvalue weighted by atomic mass is 10.4. The van der Waals surface area contributed by atoms with Crippen LogP contribution in [-0.2, 0) is 0 Å². The van der Waals surface area contributed by atoms with Crippen molar-refractivity contribution in [3.8, 4) is 0 Å². The van der Waals surface area contributed by atoms with E-state index in [0.717, 1.165) is 13.1 Å². The van der Waals surface area contributed by atoms with E-state index >= 15 is 0 Å². The molecule has 0 atom stereocenters. The summed E-state index contributed by atoms with van der Waals surface area (Å²) in [7, 11) is 0. The van der Waals surface area contributed by atoms with E-state index in [9.17, 15) is 0 Å². The van der Waals surface area contributed by atoms with Gasteiger partial charge in [0.1, 0.15) is 5.84 Å². The zero-order valence-corrected chi connectivity index (χ0v) is 8.01. The van der Waals surface area contributed by atoms with Gasteiger partial charge in [-0.2, -0.15) is 0 Å². The third-order valence-electron chi connectivity index (χ3n) is 1.59. The fraction of sp³-hybridized carbons (Fsp3) is 0.833. The maximum absolute atomic E-state index is 7.00. The highest BCUT2D eigenvalue weighted by atomic mass is 35.5. The van der Waals surface area contributed by atoms with Gasteiger partial charge in [-0.15, -0.1) is 24.8 Å². The summed E-state index contributed by atoms with van der Waals surface area (Å²) in [6.07, 6.45) is 2.54. The minimum atomic E-state index is 0. The van der Waals surface area contributed by atoms with Crippen LogP contribution in [0.3, 0.4) is 0 Å². The summed E-state index contributed by atoms with van der Waals surface area (Å²) in [5.41, 5.74) is 5.21. The zero-order valence-electron chi connectivity index (χ0n) is 6.38. The first kappa shape index (κ1) is 13.6. The molecular formula is C6H15Cl2N3. The molecule has 3 N–H and O–H groups in total. The first-order valence-corrected chi connectivity index (χ1v) is 3.34. The molecule has 0 aliphatic carbocycles. The Labute approximate surface area is 79.6 Å². The molecule has 1 heterocycles. The number of halogens is 2. The van der Waals surface area contributed by atoms with Crippen LogP contribution in [0.15, 0.2) is 0 Å². The van der Waals surface area contributed by atoms with Crippen molar-refractivity contribution in [1.29, 1.82) is 5.41 Å². The number of rotatable bonds is 2. The summed E-state index contributed by atoms with van der Waals surface area (Å²) in [4.78, 5) is 2.21. The Morgan fingerprint density at radius 1 is 1.27 bits per heavy atom. The highest BCUT2D eigenvalue weighted by Crippen LogP contribution is 2.05. The van der Waals surface area contributed by atoms with Gasteiger partial charge in [-0.3, -0.25) is 10.3 Å². The summed E-state index contributed by atoms with van der Waals surface area (Å²) in [5.74, 6) is 0.289. The Kier molecular flexibility index (Phi) is 8.28. The predicted molar refractivity (Wildman–Crippen MR) is 52.1 cm³/mol. The maximum Gasteiger partial charge on any atom is 0.105 e. The van der Waals surface area contributed by atoms with Gasteiger partial charge in [-0.25, -0.2) is 0 Å². The molecule has 5 heteroatoms. The van der Waals surface area contributed by atoms with Gasteiger partial charge in [0.05, 0.1) is 6.54 Å². The van der Waals surface area contributed by atoms with Crippen molar-refractivity contribution in [2.75, 3.05) is 19.6 Å². The Bertz CT molecular complexity index is 112. The molecule has 1 saturated heterocycles. The van der Waals surface area contributed by atoms with Crippen LogP contribution in [-0.4, -0.2) is 30.4 Å². The van der Waals surface area contributed by atoms with Crippen LogP contribution in [0.25, 0.3) is 0 Å². The third kappa shape index (κ3) is 5.30. The van der Waals surface area contributed by atoms with E-state index in [0.29, 0.717) is 6.54 Å². The molecule has 68 valence electrons. The standard InChI is InChI=1S/C6H13N3.2ClH/c7-6(8)5-9-3-1-2-4-9;;/h1-5H2,(H3,7,8);2*1H. The van der Waals surface area contributed by atoms with E-state index in [-0.39, 0.29) is 30.6 Å². The number of nitrogens with two attached hydrogens (primary N) is 1. The molecule has 0 aromatic carbocycles. The van der Waals surface area contributed by atoms with Crippen molar-refractivity contribution in [3.05, 3.63) is 0 Å². The monoisotopic (exact) mass is 199 g/mol. The molecule has 1 fully saturated rings. The molecule has 3 nitrogen and oxygen atoms in total. The molecule has 0 unspecified atom stereocenters. The highest BCUT2D eigenvalue weighted by Gasteiger charge is 2.10. The van der Waals surface area contributed by atoms with Crippen molar-refractivity contribution in [1.82, 2.24) is 4.90 Å². The summed E-state index contributed by atoms with van der Waals surface area (Å²) in [6, 6.07) is 0. The van der Waals surface area contributed by atoms with Crippen LogP contribution < -0.4 is 5.73 Å². The van der Waals surface area contributed by atoms with Crippen LogP contribution in [0.1, 0.15) is 12.8 Å². The first-order chi connectivity index (χ1) is 4.29. The molecule has 0 amide bonds. The van der Waals surface area contributed by atoms with Crippen molar-refractivity contribution >= 4 is 30.6 Å². The highest BCUT2D eigenvalue weighted by molar-refractivity contribution is 5.85. The summed E-state index contributed by atoms with van der Waals surface area (Å²) in [6.45, 7) is 2.92. The van der Waals surface area contributed by atoms with Gasteiger partial charge >= 0.3 is 0 Å². The molecule has 0 aromatic heterocycles. The Balaban J connectivity index is 0. The molecular weight excluding hydrogens is 185 g/mol. The topological polar surface area (TPSA) is 53.1 Å². The van der Waals surface area contributed by atoms with Crippen LogP contribution in [0.2, 0.25) is 0 Å². The van der Waals surface area contributed by atoms with E-state index < -0.39 is 0 Å². The smallest absolute Gasteiger partial charge is 0.105 e. The van der Waals surface area contributed by atoms with Gasteiger partial charge in [0, 0.05) is 0 Å². The SMILES string of the molecule is Cl.Cl.N=C(N)CN1CCCC1. The second kappa shape index (κ2) is 6.70. The Morgan fingerprint density at radius 2 is 1.73 bits per heavy atom. The lowest BCUT2D eigenvalue weighted by Gasteiger charge is -2.11. The third-order valence-corrected chi connectivity index (χ3v) is 1.59. The number of hydrogen-bond donors (Lipinski definition) is 2. The van der Waals surface area contributed by atoms with E-state index in [1.165, 1.54) is 12.8 Å². The number of likely N-dealkylation sites (tertiary alicyclic amines) is 1. The van der Waals surface area contributed by atoms with Gasteiger partial charge in [-0.05, 0) is 25.9 Å². The molecule has 0 radical (unpaired) electrons. The maximum atomic E-state index is 7.00. The first-order valence-electron chi connectivity index (χ1n) is 3.34. The van der Waals surface area contributed by atoms with Crippen LogP contribution in [0, 0.1) is 5.41 Å². The minimum Gasteiger partial charge on any atom is -0.387 e. The van der Waals surface area contributed by atoms with E-state index in [4.69, 9.17) is 11.1 Å². The van der Waals surface area contributed by atoms with Crippen molar-refractivity contribution < 1.29 is 0 Å². The lowest BCUT2D eigenvalue weighted by Crippen LogP contribution is -2.30. The molecule has 1 aliphatic heterocycles. The van der Waals surface area contributed by atoms with Crippen molar-refractivity contribution in [3.63, 3.8) is 0 Å². The largest absolute Gasteiger partial charge is 0.387 e. The van der Waals surface area contributed by atoms with Crippen molar-refractivity contribution in [2.24, 2.45) is 5.73 Å². The quantitative estimate of drug-likeness (QED) is 0.513. The Hall–Kier alpha value is 0.01000. The molecule has 1 rings (SSSR count). The van der Waals surface area contributed by atoms with E-state index in [1.807, 2.05) is 0 Å². The predicted octanol–water partition coefficient (Wildman–Crippen LogP) is 0.862. The zero-order chi connectivity index (χ0) is 6.69. The summed E-state index contributed by atoms with van der Waals surface area (Å²) >= 11 is 0. The number of nitrogens with zero attached hydrogens (tertiary/aromatic N) is 1. The average Bonchev–Trinajstić information content (AvgIpc) is 2.15. The number of amidine groups is 1. The normalized spacial score (nSPS) is 16.7. The van der Waals surface area contributed by atoms with E-state index in [2.05, 4.69) is 4.90 Å². The van der Waals surface area contributed by atoms with Crippen LogP contribution in [0.5, 0.6) is 0 Å². The van der Waals surface area contributed by atoms with Gasteiger partial charge in [-0.1, -0.05) is 0 Å². The van der Waals surface area contributed by atoms with E-state index in [1.54, 1.807) is 0 Å². The second-order valence-corrected chi connectivity index (χ2v) is 2.51. The lowest BCUT2D eigenvalue weighted by molar-refractivity contribution is 0.386. The molecule has 1 aliphatic rings. The number of hydrogen-bond acceptors (Lipinski definition) is 2. The van der Waals surface area contributed by atoms with Gasteiger partial charge in [0.15, 0.2) is 0 Å². The summed E-state index contributed by atoms with van der Waals surface area (Å²) < 4.78 is 0. The second-order valence-electron chi connectivity index (χ2n) is 2.51. The van der Waals surface area contributed by atoms with Crippen LogP contribution >= 0.6 is 24.8 Å². The summed E-state index contributed by atoms with van der Waals surface area (Å²) in [5, 5.41) is 7.00. The molecule has 0 saturated carbocycles. The fourth-order valence-electron chi connectivity index (χ4n) is 1.18. The van der Waals surface area contributed by atoms with Crippen LogP contribution in [0.4, 0.5) is 0 Å². The Morgan fingerprint density at radius 3 is 2.09 bits per heavy atom. The molecule has 0 bridgehead atoms. The van der Waals surface area contributed by atoms with Crippen molar-refractivity contribution in [2.45, 2.75) is 12.8 Å². The minimum absolute atomic E-state index is 0.